The molecule has 21 heavy (non-hydrogen) atoms. The summed E-state index contributed by atoms with van der Waals surface area (Å²) in [4.78, 5) is 22.7. The van der Waals surface area contributed by atoms with Gasteiger partial charge in [-0.05, 0) is 39.7 Å². The van der Waals surface area contributed by atoms with Crippen molar-refractivity contribution in [2.75, 3.05) is 6.54 Å². The first kappa shape index (κ1) is 17.0. The summed E-state index contributed by atoms with van der Waals surface area (Å²) in [6, 6.07) is -0.0497. The zero-order chi connectivity index (χ0) is 15.9. The third-order valence-electron chi connectivity index (χ3n) is 2.78. The molecule has 0 aromatic carbocycles. The average Bonchev–Trinajstić information content (AvgIpc) is 2.38. The quantitative estimate of drug-likeness (QED) is 0.765. The van der Waals surface area contributed by atoms with Crippen molar-refractivity contribution in [3.63, 3.8) is 0 Å². The number of alkyl carbamates (subject to hydrolysis) is 1. The Labute approximate surface area is 126 Å². The number of hydrogen-bond donors (Lipinski definition) is 2. The van der Waals surface area contributed by atoms with Gasteiger partial charge in [0.25, 0.3) is 0 Å². The van der Waals surface area contributed by atoms with Gasteiger partial charge in [-0.25, -0.2) is 4.79 Å². The molecule has 0 spiro atoms. The van der Waals surface area contributed by atoms with Crippen molar-refractivity contribution in [3.8, 4) is 0 Å². The fourth-order valence-corrected chi connectivity index (χ4v) is 1.82. The Balaban J connectivity index is 2.31. The lowest BCUT2D eigenvalue weighted by atomic mass is 10.0. The first-order chi connectivity index (χ1) is 9.80. The zero-order valence-corrected chi connectivity index (χ0v) is 12.9. The highest BCUT2D eigenvalue weighted by atomic mass is 16.6. The van der Waals surface area contributed by atoms with E-state index >= 15 is 0 Å². The first-order valence-electron chi connectivity index (χ1n) is 7.07. The van der Waals surface area contributed by atoms with E-state index in [4.69, 9.17) is 4.74 Å². The zero-order valence-electron chi connectivity index (χ0n) is 12.9. The second-order valence-corrected chi connectivity index (χ2v) is 5.87. The van der Waals surface area contributed by atoms with E-state index in [9.17, 15) is 9.59 Å². The van der Waals surface area contributed by atoms with Crippen LogP contribution in [0.5, 0.6) is 0 Å². The van der Waals surface area contributed by atoms with Crippen LogP contribution in [0.3, 0.4) is 0 Å². The minimum absolute atomic E-state index is 0.0497. The van der Waals surface area contributed by atoms with Crippen molar-refractivity contribution in [2.45, 2.75) is 45.3 Å². The molecule has 2 N–H and O–H groups in total. The molecule has 1 rings (SSSR count). The van der Waals surface area contributed by atoms with Crippen molar-refractivity contribution < 1.29 is 14.3 Å². The van der Waals surface area contributed by atoms with E-state index < -0.39 is 11.7 Å². The Hall–Kier alpha value is -2.04. The molecule has 0 saturated heterocycles. The predicted octanol–water partition coefficient (Wildman–Crippen LogP) is 2.46. The van der Waals surface area contributed by atoms with Crippen molar-refractivity contribution in [3.05, 3.63) is 36.5 Å². The number of ether oxygens (including phenoxy) is 1. The molecule has 1 atom stereocenters. The summed E-state index contributed by atoms with van der Waals surface area (Å²) in [5, 5.41) is 5.53. The van der Waals surface area contributed by atoms with Gasteiger partial charge in [0.1, 0.15) is 5.60 Å². The lowest BCUT2D eigenvalue weighted by molar-refractivity contribution is -0.116. The van der Waals surface area contributed by atoms with Crippen LogP contribution in [0.4, 0.5) is 4.79 Å². The van der Waals surface area contributed by atoms with Crippen LogP contribution in [-0.2, 0) is 9.53 Å². The standard InChI is InChI=1S/C16H24N2O3/c1-5-14(19)17-11-10-12-6-8-13(9-7-12)18-15(20)21-16(2,3)4/h5-8,13H,1,9-11H2,2-4H3,(H,17,19)(H,18,20). The van der Waals surface area contributed by atoms with Crippen LogP contribution in [0.1, 0.15) is 33.6 Å². The van der Waals surface area contributed by atoms with Gasteiger partial charge in [-0.3, -0.25) is 4.79 Å². The topological polar surface area (TPSA) is 67.4 Å². The summed E-state index contributed by atoms with van der Waals surface area (Å²) in [5.74, 6) is -0.167. The Morgan fingerprint density at radius 2 is 2.19 bits per heavy atom. The third kappa shape index (κ3) is 7.34. The van der Waals surface area contributed by atoms with Gasteiger partial charge in [-0.15, -0.1) is 0 Å². The average molecular weight is 292 g/mol. The molecular formula is C16H24N2O3. The second-order valence-electron chi connectivity index (χ2n) is 5.87. The maximum Gasteiger partial charge on any atom is 0.408 e. The predicted molar refractivity (Wildman–Crippen MR) is 82.8 cm³/mol. The molecule has 0 radical (unpaired) electrons. The molecule has 0 aromatic rings. The molecule has 1 aliphatic carbocycles. The van der Waals surface area contributed by atoms with E-state index in [1.165, 1.54) is 6.08 Å². The molecule has 116 valence electrons. The smallest absolute Gasteiger partial charge is 0.408 e. The Bertz CT molecular complexity index is 459. The minimum Gasteiger partial charge on any atom is -0.444 e. The van der Waals surface area contributed by atoms with Crippen molar-refractivity contribution in [1.29, 1.82) is 0 Å². The molecule has 1 aliphatic rings. The number of carbonyl (C=O) groups excluding carboxylic acids is 2. The monoisotopic (exact) mass is 292 g/mol. The van der Waals surface area contributed by atoms with Crippen molar-refractivity contribution >= 4 is 12.0 Å². The van der Waals surface area contributed by atoms with Crippen LogP contribution < -0.4 is 10.6 Å². The Morgan fingerprint density at radius 1 is 1.48 bits per heavy atom. The lowest BCUT2D eigenvalue weighted by Gasteiger charge is -2.23. The van der Waals surface area contributed by atoms with Crippen LogP contribution in [0.15, 0.2) is 36.5 Å². The van der Waals surface area contributed by atoms with Gasteiger partial charge in [-0.1, -0.05) is 30.4 Å². The van der Waals surface area contributed by atoms with Crippen LogP contribution in [-0.4, -0.2) is 30.2 Å². The second kappa shape index (κ2) is 7.67. The van der Waals surface area contributed by atoms with Crippen LogP contribution >= 0.6 is 0 Å². The lowest BCUT2D eigenvalue weighted by Crippen LogP contribution is -2.38. The summed E-state index contributed by atoms with van der Waals surface area (Å²) < 4.78 is 5.21. The fraction of sp³-hybridized carbons (Fsp3) is 0.500. The molecule has 0 fully saturated rings. The summed E-state index contributed by atoms with van der Waals surface area (Å²) in [6.45, 7) is 9.47. The summed E-state index contributed by atoms with van der Waals surface area (Å²) in [6.07, 6.45) is 8.29. The highest BCUT2D eigenvalue weighted by molar-refractivity contribution is 5.86. The normalized spacial score (nSPS) is 17.7. The molecule has 2 amide bonds. The van der Waals surface area contributed by atoms with Crippen LogP contribution in [0.25, 0.3) is 0 Å². The van der Waals surface area contributed by atoms with E-state index in [0.717, 1.165) is 18.4 Å². The first-order valence-corrected chi connectivity index (χ1v) is 7.07. The number of carbonyl (C=O) groups is 2. The van der Waals surface area contributed by atoms with Gasteiger partial charge in [0.05, 0.1) is 6.04 Å². The summed E-state index contributed by atoms with van der Waals surface area (Å²) >= 11 is 0. The van der Waals surface area contributed by atoms with E-state index in [-0.39, 0.29) is 11.9 Å². The van der Waals surface area contributed by atoms with E-state index in [1.54, 1.807) is 0 Å². The highest BCUT2D eigenvalue weighted by Crippen LogP contribution is 2.14. The molecule has 1 unspecified atom stereocenters. The highest BCUT2D eigenvalue weighted by Gasteiger charge is 2.18. The summed E-state index contributed by atoms with van der Waals surface area (Å²) in [7, 11) is 0. The molecule has 0 aromatic heterocycles. The largest absolute Gasteiger partial charge is 0.444 e. The van der Waals surface area contributed by atoms with E-state index in [2.05, 4.69) is 23.3 Å². The number of amides is 2. The molecule has 0 heterocycles. The number of nitrogens with one attached hydrogen (secondary N) is 2. The van der Waals surface area contributed by atoms with E-state index in [0.29, 0.717) is 6.54 Å². The van der Waals surface area contributed by atoms with Crippen LogP contribution in [0.2, 0.25) is 0 Å². The molecule has 5 heteroatoms. The maximum absolute atomic E-state index is 11.6. The van der Waals surface area contributed by atoms with Gasteiger partial charge in [0.15, 0.2) is 0 Å². The molecular weight excluding hydrogens is 268 g/mol. The van der Waals surface area contributed by atoms with Gasteiger partial charge < -0.3 is 15.4 Å². The fourth-order valence-electron chi connectivity index (χ4n) is 1.82. The third-order valence-corrected chi connectivity index (χ3v) is 2.78. The van der Waals surface area contributed by atoms with Crippen LogP contribution in [0, 0.1) is 0 Å². The minimum atomic E-state index is -0.493. The molecule has 0 bridgehead atoms. The van der Waals surface area contributed by atoms with E-state index in [1.807, 2.05) is 32.9 Å². The molecule has 0 saturated carbocycles. The van der Waals surface area contributed by atoms with Gasteiger partial charge in [-0.2, -0.15) is 0 Å². The number of allylic oxidation sites excluding steroid dienone is 1. The number of rotatable bonds is 5. The Kier molecular flexibility index (Phi) is 6.21. The van der Waals surface area contributed by atoms with Gasteiger partial charge >= 0.3 is 6.09 Å². The van der Waals surface area contributed by atoms with Gasteiger partial charge in [0.2, 0.25) is 5.91 Å². The van der Waals surface area contributed by atoms with Crippen molar-refractivity contribution in [2.24, 2.45) is 0 Å². The van der Waals surface area contributed by atoms with Crippen molar-refractivity contribution in [1.82, 2.24) is 10.6 Å². The SMILES string of the molecule is C=CC(=O)NCCC1=CCC(NC(=O)OC(C)(C)C)C=C1. The summed E-state index contributed by atoms with van der Waals surface area (Å²) in [5.41, 5.74) is 0.647. The maximum atomic E-state index is 11.6. The van der Waals surface area contributed by atoms with Gasteiger partial charge in [0, 0.05) is 6.54 Å². The Morgan fingerprint density at radius 3 is 2.71 bits per heavy atom. The molecule has 5 nitrogen and oxygen atoms in total. The number of hydrogen-bond acceptors (Lipinski definition) is 3. The molecule has 0 aliphatic heterocycles.